The molecule has 0 amide bonds. The molecule has 0 spiro atoms. The van der Waals surface area contributed by atoms with Crippen molar-refractivity contribution in [1.82, 2.24) is 9.78 Å². The minimum Gasteiger partial charge on any atom is -0.390 e. The summed E-state index contributed by atoms with van der Waals surface area (Å²) in [6, 6.07) is 6.65. The van der Waals surface area contributed by atoms with E-state index in [4.69, 9.17) is 22.1 Å². The van der Waals surface area contributed by atoms with Crippen LogP contribution in [0, 0.1) is 0 Å². The molecule has 2 aromatic heterocycles. The summed E-state index contributed by atoms with van der Waals surface area (Å²) in [6.45, 7) is 2.07. The summed E-state index contributed by atoms with van der Waals surface area (Å²) in [5.74, 6) is 0. The maximum atomic E-state index is 12.7. The molecular weight excluding hydrogens is 338 g/mol. The number of ether oxygens (including phenoxy) is 1. The second-order valence-electron chi connectivity index (χ2n) is 4.77. The summed E-state index contributed by atoms with van der Waals surface area (Å²) >= 11 is 7.10. The number of thiophene rings is 1. The van der Waals surface area contributed by atoms with Crippen LogP contribution in [0.1, 0.15) is 18.9 Å². The van der Waals surface area contributed by atoms with Crippen LogP contribution in [-0.2, 0) is 4.74 Å². The standard InChI is InChI=1S/C15H14ClN3O3S/c1-2-22-15(21)12-10-7-23-13(17)11(10)14(20)19(18-12)9-5-3-8(16)4-6-9/h3-7,15,21H,2,17H2,1H3. The number of aliphatic hydroxyl groups is 1. The van der Waals surface area contributed by atoms with Gasteiger partial charge in [0.05, 0.1) is 16.1 Å². The van der Waals surface area contributed by atoms with Crippen LogP contribution in [0.3, 0.4) is 0 Å². The lowest BCUT2D eigenvalue weighted by atomic mass is 10.2. The molecule has 6 nitrogen and oxygen atoms in total. The zero-order chi connectivity index (χ0) is 16.6. The fourth-order valence-corrected chi connectivity index (χ4v) is 3.20. The highest BCUT2D eigenvalue weighted by molar-refractivity contribution is 7.15. The maximum Gasteiger partial charge on any atom is 0.282 e. The minimum atomic E-state index is -1.24. The van der Waals surface area contributed by atoms with Crippen molar-refractivity contribution >= 4 is 38.7 Å². The molecule has 8 heteroatoms. The van der Waals surface area contributed by atoms with Crippen molar-refractivity contribution in [2.24, 2.45) is 0 Å². The number of halogens is 1. The number of nitrogens with two attached hydrogens (primary N) is 1. The Morgan fingerprint density at radius 1 is 1.43 bits per heavy atom. The minimum absolute atomic E-state index is 0.254. The van der Waals surface area contributed by atoms with Gasteiger partial charge < -0.3 is 15.6 Å². The third kappa shape index (κ3) is 2.84. The zero-order valence-electron chi connectivity index (χ0n) is 12.2. The van der Waals surface area contributed by atoms with Gasteiger partial charge in [-0.25, -0.2) is 0 Å². The van der Waals surface area contributed by atoms with Gasteiger partial charge >= 0.3 is 0 Å². The first-order valence-corrected chi connectivity index (χ1v) is 8.14. The van der Waals surface area contributed by atoms with Gasteiger partial charge in [0, 0.05) is 22.4 Å². The summed E-state index contributed by atoms with van der Waals surface area (Å²) in [4.78, 5) is 12.7. The zero-order valence-corrected chi connectivity index (χ0v) is 13.8. The second-order valence-corrected chi connectivity index (χ2v) is 6.12. The largest absolute Gasteiger partial charge is 0.390 e. The quantitative estimate of drug-likeness (QED) is 0.705. The maximum absolute atomic E-state index is 12.7. The molecule has 0 aliphatic rings. The normalized spacial score (nSPS) is 12.7. The van der Waals surface area contributed by atoms with E-state index in [1.54, 1.807) is 36.6 Å². The lowest BCUT2D eigenvalue weighted by Crippen LogP contribution is -2.24. The van der Waals surface area contributed by atoms with Crippen molar-refractivity contribution in [1.29, 1.82) is 0 Å². The fraction of sp³-hybridized carbons (Fsp3) is 0.200. The predicted molar refractivity (Wildman–Crippen MR) is 91.2 cm³/mol. The smallest absolute Gasteiger partial charge is 0.282 e. The second kappa shape index (κ2) is 6.29. The molecule has 3 N–H and O–H groups in total. The highest BCUT2D eigenvalue weighted by atomic mass is 35.5. The van der Waals surface area contributed by atoms with Gasteiger partial charge in [-0.05, 0) is 31.2 Å². The molecule has 120 valence electrons. The first kappa shape index (κ1) is 15.9. The molecular formula is C15H14ClN3O3S. The van der Waals surface area contributed by atoms with Crippen LogP contribution >= 0.6 is 22.9 Å². The molecule has 23 heavy (non-hydrogen) atoms. The van der Waals surface area contributed by atoms with Gasteiger partial charge in [-0.2, -0.15) is 9.78 Å². The van der Waals surface area contributed by atoms with E-state index in [9.17, 15) is 9.90 Å². The van der Waals surface area contributed by atoms with Gasteiger partial charge in [0.1, 0.15) is 5.69 Å². The van der Waals surface area contributed by atoms with E-state index in [-0.39, 0.29) is 11.3 Å². The number of benzene rings is 1. The number of anilines is 1. The molecule has 1 unspecified atom stereocenters. The summed E-state index contributed by atoms with van der Waals surface area (Å²) in [5.41, 5.74) is 6.35. The Bertz CT molecular complexity index is 905. The van der Waals surface area contributed by atoms with Gasteiger partial charge in [-0.1, -0.05) is 11.6 Å². The Balaban J connectivity index is 2.30. The Morgan fingerprint density at radius 2 is 2.13 bits per heavy atom. The van der Waals surface area contributed by atoms with E-state index in [1.165, 1.54) is 16.0 Å². The predicted octanol–water partition coefficient (Wildman–Crippen LogP) is 2.71. The van der Waals surface area contributed by atoms with Gasteiger partial charge in [0.2, 0.25) is 6.29 Å². The van der Waals surface area contributed by atoms with Crippen LogP contribution < -0.4 is 11.3 Å². The molecule has 0 aliphatic carbocycles. The number of aromatic nitrogens is 2. The van der Waals surface area contributed by atoms with Crippen LogP contribution in [0.4, 0.5) is 5.00 Å². The monoisotopic (exact) mass is 351 g/mol. The molecule has 0 aliphatic heterocycles. The van der Waals surface area contributed by atoms with E-state index < -0.39 is 6.29 Å². The van der Waals surface area contributed by atoms with Crippen LogP contribution in [0.5, 0.6) is 0 Å². The SMILES string of the molecule is CCOC(O)c1nn(-c2ccc(Cl)cc2)c(=O)c2c(N)scc12. The molecule has 0 bridgehead atoms. The molecule has 1 atom stereocenters. The molecule has 0 fully saturated rings. The summed E-state index contributed by atoms with van der Waals surface area (Å²) < 4.78 is 6.41. The van der Waals surface area contributed by atoms with Crippen molar-refractivity contribution in [2.45, 2.75) is 13.2 Å². The number of hydrogen-bond donors (Lipinski definition) is 2. The molecule has 0 radical (unpaired) electrons. The van der Waals surface area contributed by atoms with Gasteiger partial charge in [-0.15, -0.1) is 11.3 Å². The van der Waals surface area contributed by atoms with Gasteiger partial charge in [0.15, 0.2) is 0 Å². The summed E-state index contributed by atoms with van der Waals surface area (Å²) in [7, 11) is 0. The first-order chi connectivity index (χ1) is 11.0. The Morgan fingerprint density at radius 3 is 2.78 bits per heavy atom. The number of fused-ring (bicyclic) bond motifs is 1. The van der Waals surface area contributed by atoms with E-state index in [0.717, 1.165) is 0 Å². The third-order valence-electron chi connectivity index (χ3n) is 3.34. The topological polar surface area (TPSA) is 90.4 Å². The van der Waals surface area contributed by atoms with Crippen molar-refractivity contribution in [3.05, 3.63) is 50.7 Å². The number of rotatable bonds is 4. The van der Waals surface area contributed by atoms with Crippen LogP contribution in [0.2, 0.25) is 5.02 Å². The van der Waals surface area contributed by atoms with Crippen LogP contribution in [-0.4, -0.2) is 21.5 Å². The highest BCUT2D eigenvalue weighted by Gasteiger charge is 2.21. The number of aliphatic hydroxyl groups excluding tert-OH is 1. The summed E-state index contributed by atoms with van der Waals surface area (Å²) in [5, 5.41) is 17.9. The van der Waals surface area contributed by atoms with Crippen LogP contribution in [0.25, 0.3) is 16.5 Å². The highest BCUT2D eigenvalue weighted by Crippen LogP contribution is 2.30. The molecule has 3 aromatic rings. The number of hydrogen-bond acceptors (Lipinski definition) is 6. The Labute approximate surface area is 140 Å². The molecule has 2 heterocycles. The van der Waals surface area contributed by atoms with Gasteiger partial charge in [0.25, 0.3) is 5.56 Å². The van der Waals surface area contributed by atoms with Crippen molar-refractivity contribution in [2.75, 3.05) is 12.3 Å². The average molecular weight is 352 g/mol. The molecule has 3 rings (SSSR count). The number of nitrogen functional groups attached to an aromatic ring is 1. The van der Waals surface area contributed by atoms with Crippen molar-refractivity contribution < 1.29 is 9.84 Å². The van der Waals surface area contributed by atoms with Crippen molar-refractivity contribution in [3.8, 4) is 5.69 Å². The lowest BCUT2D eigenvalue weighted by molar-refractivity contribution is -0.100. The first-order valence-electron chi connectivity index (χ1n) is 6.88. The van der Waals surface area contributed by atoms with Crippen molar-refractivity contribution in [3.63, 3.8) is 0 Å². The Hall–Kier alpha value is -1.93. The average Bonchev–Trinajstić information content (AvgIpc) is 2.91. The molecule has 1 aromatic carbocycles. The van der Waals surface area contributed by atoms with E-state index in [0.29, 0.717) is 33.1 Å². The van der Waals surface area contributed by atoms with E-state index in [2.05, 4.69) is 5.10 Å². The molecule has 0 saturated carbocycles. The van der Waals surface area contributed by atoms with Crippen LogP contribution in [0.15, 0.2) is 34.4 Å². The summed E-state index contributed by atoms with van der Waals surface area (Å²) in [6.07, 6.45) is -1.24. The van der Waals surface area contributed by atoms with E-state index in [1.807, 2.05) is 0 Å². The molecule has 0 saturated heterocycles. The Kier molecular flexibility index (Phi) is 4.36. The lowest BCUT2D eigenvalue weighted by Gasteiger charge is -2.14. The number of nitrogens with zero attached hydrogens (tertiary/aromatic N) is 2. The van der Waals surface area contributed by atoms with E-state index >= 15 is 0 Å². The third-order valence-corrected chi connectivity index (χ3v) is 4.40. The fourth-order valence-electron chi connectivity index (χ4n) is 2.27. The van der Waals surface area contributed by atoms with Gasteiger partial charge in [-0.3, -0.25) is 4.79 Å².